The Hall–Kier alpha value is -1.65. The zero-order chi connectivity index (χ0) is 14.0. The lowest BCUT2D eigenvalue weighted by molar-refractivity contribution is 0.0226. The van der Waals surface area contributed by atoms with E-state index in [0.29, 0.717) is 25.2 Å². The maximum Gasteiger partial charge on any atom is 0.410 e. The number of rotatable bonds is 0. The fraction of sp³-hybridized carbons (Fsp3) is 0.500. The molecule has 1 heterocycles. The van der Waals surface area contributed by atoms with Crippen LogP contribution in [0.4, 0.5) is 4.79 Å². The van der Waals surface area contributed by atoms with E-state index >= 15 is 0 Å². The molecule has 0 N–H and O–H groups in total. The Balaban J connectivity index is 2.18. The number of hydrogen-bond donors (Lipinski definition) is 0. The van der Waals surface area contributed by atoms with Crippen LogP contribution in [0.1, 0.15) is 26.3 Å². The van der Waals surface area contributed by atoms with Gasteiger partial charge in [0.05, 0.1) is 13.1 Å². The smallest absolute Gasteiger partial charge is 0.410 e. The van der Waals surface area contributed by atoms with Crippen molar-refractivity contribution in [2.45, 2.75) is 32.9 Å². The molecule has 0 atom stereocenters. The number of benzene rings is 1. The summed E-state index contributed by atoms with van der Waals surface area (Å²) in [5.74, 6) is 0.742. The fourth-order valence-electron chi connectivity index (χ4n) is 1.91. The van der Waals surface area contributed by atoms with Crippen LogP contribution in [-0.4, -0.2) is 37.6 Å². The lowest BCUT2D eigenvalue weighted by atomic mass is 9.90. The average molecular weight is 259 g/mol. The van der Waals surface area contributed by atoms with E-state index < -0.39 is 5.60 Å². The second-order valence-corrected chi connectivity index (χ2v) is 5.57. The van der Waals surface area contributed by atoms with Gasteiger partial charge in [0, 0.05) is 5.56 Å². The highest BCUT2D eigenvalue weighted by molar-refractivity contribution is 6.33. The first-order valence-electron chi connectivity index (χ1n) is 6.35. The topological polar surface area (TPSA) is 38.8 Å². The second kappa shape index (κ2) is 5.15. The molecule has 2 radical (unpaired) electrons. The van der Waals surface area contributed by atoms with Gasteiger partial charge >= 0.3 is 6.09 Å². The Morgan fingerprint density at radius 2 is 2.16 bits per heavy atom. The standard InChI is InChI=1S/C14H18BNO3/c1-14(2,3)19-13(17)16-7-8-18-12-6-4-5-11(15)10(12)9-16/h4-6H,7-9H2,1-3H3. The van der Waals surface area contributed by atoms with Crippen molar-refractivity contribution in [2.75, 3.05) is 13.2 Å². The van der Waals surface area contributed by atoms with E-state index in [1.165, 1.54) is 0 Å². The molecule has 0 fully saturated rings. The molecule has 0 spiro atoms. The summed E-state index contributed by atoms with van der Waals surface area (Å²) >= 11 is 0. The molecule has 1 aromatic carbocycles. The van der Waals surface area contributed by atoms with Crippen molar-refractivity contribution in [3.63, 3.8) is 0 Å². The third-order valence-corrected chi connectivity index (χ3v) is 2.79. The van der Waals surface area contributed by atoms with Crippen LogP contribution in [0.2, 0.25) is 0 Å². The van der Waals surface area contributed by atoms with E-state index in [-0.39, 0.29) is 6.09 Å². The van der Waals surface area contributed by atoms with E-state index in [0.717, 1.165) is 11.3 Å². The summed E-state index contributed by atoms with van der Waals surface area (Å²) in [5, 5.41) is 0. The van der Waals surface area contributed by atoms with Gasteiger partial charge in [-0.25, -0.2) is 4.79 Å². The summed E-state index contributed by atoms with van der Waals surface area (Å²) in [6, 6.07) is 5.52. The van der Waals surface area contributed by atoms with Crippen molar-refractivity contribution in [3.05, 3.63) is 23.8 Å². The largest absolute Gasteiger partial charge is 0.491 e. The molecule has 0 unspecified atom stereocenters. The van der Waals surface area contributed by atoms with Crippen LogP contribution in [0.15, 0.2) is 18.2 Å². The van der Waals surface area contributed by atoms with Crippen molar-refractivity contribution in [2.24, 2.45) is 0 Å². The van der Waals surface area contributed by atoms with Crippen LogP contribution in [0, 0.1) is 0 Å². The lowest BCUT2D eigenvalue weighted by Gasteiger charge is -2.26. The summed E-state index contributed by atoms with van der Waals surface area (Å²) in [6.45, 7) is 6.89. The van der Waals surface area contributed by atoms with Gasteiger partial charge in [0.1, 0.15) is 25.8 Å². The Labute approximate surface area is 115 Å². The molecule has 0 aliphatic carbocycles. The predicted molar refractivity (Wildman–Crippen MR) is 74.0 cm³/mol. The quantitative estimate of drug-likeness (QED) is 0.664. The Kier molecular flexibility index (Phi) is 3.74. The minimum Gasteiger partial charge on any atom is -0.491 e. The van der Waals surface area contributed by atoms with Crippen molar-refractivity contribution in [3.8, 4) is 5.75 Å². The van der Waals surface area contributed by atoms with Gasteiger partial charge in [0.25, 0.3) is 0 Å². The van der Waals surface area contributed by atoms with Crippen LogP contribution in [0.25, 0.3) is 0 Å². The van der Waals surface area contributed by atoms with Gasteiger partial charge in [-0.15, -0.1) is 0 Å². The first kappa shape index (κ1) is 13.8. The SMILES string of the molecule is [B]c1cccc2c1CN(C(=O)OC(C)(C)C)CCO2. The van der Waals surface area contributed by atoms with Crippen LogP contribution in [-0.2, 0) is 11.3 Å². The van der Waals surface area contributed by atoms with Gasteiger partial charge in [-0.05, 0) is 26.8 Å². The summed E-state index contributed by atoms with van der Waals surface area (Å²) in [7, 11) is 5.94. The average Bonchev–Trinajstić information content (AvgIpc) is 2.50. The number of nitrogens with zero attached hydrogens (tertiary/aromatic N) is 1. The summed E-state index contributed by atoms with van der Waals surface area (Å²) in [6.07, 6.45) is -0.341. The van der Waals surface area contributed by atoms with Crippen molar-refractivity contribution >= 4 is 19.4 Å². The molecule has 1 amide bonds. The highest BCUT2D eigenvalue weighted by Gasteiger charge is 2.25. The molecular weight excluding hydrogens is 241 g/mol. The molecule has 1 aromatic rings. The highest BCUT2D eigenvalue weighted by Crippen LogP contribution is 2.22. The van der Waals surface area contributed by atoms with Crippen molar-refractivity contribution < 1.29 is 14.3 Å². The zero-order valence-corrected chi connectivity index (χ0v) is 11.6. The van der Waals surface area contributed by atoms with Crippen LogP contribution >= 0.6 is 0 Å². The minimum absolute atomic E-state index is 0.341. The first-order chi connectivity index (χ1) is 8.87. The fourth-order valence-corrected chi connectivity index (χ4v) is 1.91. The van der Waals surface area contributed by atoms with E-state index in [9.17, 15) is 4.79 Å². The maximum absolute atomic E-state index is 12.1. The molecular formula is C14H18BNO3. The lowest BCUT2D eigenvalue weighted by Crippen LogP contribution is -2.38. The van der Waals surface area contributed by atoms with E-state index in [1.807, 2.05) is 32.9 Å². The molecule has 0 aromatic heterocycles. The molecule has 19 heavy (non-hydrogen) atoms. The van der Waals surface area contributed by atoms with Gasteiger partial charge in [0.2, 0.25) is 0 Å². The Bertz CT molecular complexity index is 482. The maximum atomic E-state index is 12.1. The van der Waals surface area contributed by atoms with Gasteiger partial charge in [-0.2, -0.15) is 0 Å². The predicted octanol–water partition coefficient (Wildman–Crippen LogP) is 1.61. The normalized spacial score (nSPS) is 15.2. The Morgan fingerprint density at radius 3 is 2.84 bits per heavy atom. The summed E-state index contributed by atoms with van der Waals surface area (Å²) in [5.41, 5.74) is 0.966. The zero-order valence-electron chi connectivity index (χ0n) is 11.6. The van der Waals surface area contributed by atoms with Crippen LogP contribution in [0.5, 0.6) is 5.75 Å². The number of hydrogen-bond acceptors (Lipinski definition) is 3. The van der Waals surface area contributed by atoms with Gasteiger partial charge in [0.15, 0.2) is 0 Å². The molecule has 1 aliphatic rings. The van der Waals surface area contributed by atoms with Gasteiger partial charge in [-0.1, -0.05) is 17.6 Å². The number of carbonyl (C=O) groups is 1. The third-order valence-electron chi connectivity index (χ3n) is 2.79. The number of carbonyl (C=O) groups excluding carboxylic acids is 1. The molecule has 2 rings (SSSR count). The van der Waals surface area contributed by atoms with Gasteiger partial charge < -0.3 is 14.4 Å². The highest BCUT2D eigenvalue weighted by atomic mass is 16.6. The minimum atomic E-state index is -0.505. The molecule has 100 valence electrons. The third kappa shape index (κ3) is 3.43. The molecule has 1 aliphatic heterocycles. The second-order valence-electron chi connectivity index (χ2n) is 5.57. The van der Waals surface area contributed by atoms with E-state index in [1.54, 1.807) is 11.0 Å². The molecule has 0 saturated heterocycles. The van der Waals surface area contributed by atoms with Gasteiger partial charge in [-0.3, -0.25) is 0 Å². The molecule has 5 heteroatoms. The van der Waals surface area contributed by atoms with Crippen molar-refractivity contribution in [1.29, 1.82) is 0 Å². The summed E-state index contributed by atoms with van der Waals surface area (Å²) < 4.78 is 11.0. The van der Waals surface area contributed by atoms with E-state index in [2.05, 4.69) is 0 Å². The van der Waals surface area contributed by atoms with Crippen LogP contribution < -0.4 is 10.2 Å². The van der Waals surface area contributed by atoms with Crippen LogP contribution in [0.3, 0.4) is 0 Å². The molecule has 0 saturated carbocycles. The Morgan fingerprint density at radius 1 is 1.42 bits per heavy atom. The number of amides is 1. The number of fused-ring (bicyclic) bond motifs is 1. The molecule has 4 nitrogen and oxygen atoms in total. The first-order valence-corrected chi connectivity index (χ1v) is 6.35. The molecule has 0 bridgehead atoms. The summed E-state index contributed by atoms with van der Waals surface area (Å²) in [4.78, 5) is 13.7. The number of ether oxygens (including phenoxy) is 2. The van der Waals surface area contributed by atoms with Crippen molar-refractivity contribution in [1.82, 2.24) is 4.90 Å². The monoisotopic (exact) mass is 259 g/mol. The van der Waals surface area contributed by atoms with E-state index in [4.69, 9.17) is 17.3 Å².